The molecule has 0 unspecified atom stereocenters. The Hall–Kier alpha value is -0.670. The second kappa shape index (κ2) is 4.06. The molecule has 0 N–H and O–H groups in total. The minimum Gasteiger partial charge on any atom is -0.379 e. The van der Waals surface area contributed by atoms with E-state index < -0.39 is 11.6 Å². The summed E-state index contributed by atoms with van der Waals surface area (Å²) in [5.74, 6) is -1.14. The Kier molecular flexibility index (Phi) is 2.94. The van der Waals surface area contributed by atoms with Crippen LogP contribution in [0.5, 0.6) is 0 Å². The number of benzene rings is 1. The van der Waals surface area contributed by atoms with Crippen LogP contribution in [0.25, 0.3) is 0 Å². The zero-order valence-electron chi connectivity index (χ0n) is 8.10. The lowest BCUT2D eigenvalue weighted by molar-refractivity contribution is -0.0617. The highest BCUT2D eigenvalue weighted by atomic mass is 35.5. The van der Waals surface area contributed by atoms with Gasteiger partial charge in [-0.2, -0.15) is 0 Å². The SMILES string of the molecule is Fc1ccc(C2(CCCl)COC2)cc1F. The minimum absolute atomic E-state index is 0.212. The van der Waals surface area contributed by atoms with Gasteiger partial charge in [-0.1, -0.05) is 6.07 Å². The van der Waals surface area contributed by atoms with E-state index >= 15 is 0 Å². The molecular weight excluding hydrogens is 222 g/mol. The second-order valence-corrected chi connectivity index (χ2v) is 4.22. The van der Waals surface area contributed by atoms with Gasteiger partial charge in [-0.05, 0) is 24.1 Å². The smallest absolute Gasteiger partial charge is 0.159 e. The van der Waals surface area contributed by atoms with Gasteiger partial charge in [-0.3, -0.25) is 0 Å². The summed E-state index contributed by atoms with van der Waals surface area (Å²) in [4.78, 5) is 0. The van der Waals surface area contributed by atoms with Crippen LogP contribution in [-0.4, -0.2) is 19.1 Å². The van der Waals surface area contributed by atoms with Gasteiger partial charge in [0.15, 0.2) is 11.6 Å². The molecule has 1 aliphatic heterocycles. The number of halogens is 3. The largest absolute Gasteiger partial charge is 0.379 e. The van der Waals surface area contributed by atoms with Gasteiger partial charge < -0.3 is 4.74 Å². The molecule has 1 fully saturated rings. The normalized spacial score (nSPS) is 18.6. The average Bonchev–Trinajstić information content (AvgIpc) is 2.16. The summed E-state index contributed by atoms with van der Waals surface area (Å²) >= 11 is 5.70. The number of hydrogen-bond donors (Lipinski definition) is 0. The lowest BCUT2D eigenvalue weighted by Gasteiger charge is -2.41. The summed E-state index contributed by atoms with van der Waals surface area (Å²) < 4.78 is 31.0. The standard InChI is InChI=1S/C11H11ClF2O/c12-4-3-11(6-15-7-11)8-1-2-9(13)10(14)5-8/h1-2,5H,3-4,6-7H2. The zero-order valence-corrected chi connectivity index (χ0v) is 8.86. The van der Waals surface area contributed by atoms with E-state index in [1.54, 1.807) is 6.07 Å². The van der Waals surface area contributed by atoms with Gasteiger partial charge in [0.05, 0.1) is 13.2 Å². The maximum Gasteiger partial charge on any atom is 0.159 e. The molecule has 82 valence electrons. The summed E-state index contributed by atoms with van der Waals surface area (Å²) in [6.07, 6.45) is 0.722. The number of rotatable bonds is 3. The van der Waals surface area contributed by atoms with Gasteiger partial charge in [-0.25, -0.2) is 8.78 Å². The molecule has 1 saturated heterocycles. The molecule has 2 rings (SSSR count). The van der Waals surface area contributed by atoms with E-state index in [4.69, 9.17) is 16.3 Å². The molecule has 1 heterocycles. The van der Waals surface area contributed by atoms with Crippen LogP contribution in [0.4, 0.5) is 8.78 Å². The third-order valence-corrected chi connectivity index (χ3v) is 3.05. The van der Waals surface area contributed by atoms with E-state index in [0.29, 0.717) is 19.1 Å². The van der Waals surface area contributed by atoms with Crippen molar-refractivity contribution in [1.82, 2.24) is 0 Å². The Bertz CT molecular complexity index is 364. The van der Waals surface area contributed by atoms with E-state index in [1.165, 1.54) is 6.07 Å². The van der Waals surface area contributed by atoms with Gasteiger partial charge in [0, 0.05) is 11.3 Å². The highest BCUT2D eigenvalue weighted by Crippen LogP contribution is 2.36. The van der Waals surface area contributed by atoms with Crippen molar-refractivity contribution in [2.45, 2.75) is 11.8 Å². The van der Waals surface area contributed by atoms with E-state index in [2.05, 4.69) is 0 Å². The van der Waals surface area contributed by atoms with Crippen LogP contribution in [-0.2, 0) is 10.2 Å². The molecule has 0 spiro atoms. The van der Waals surface area contributed by atoms with Crippen molar-refractivity contribution >= 4 is 11.6 Å². The van der Waals surface area contributed by atoms with Crippen LogP contribution in [0.3, 0.4) is 0 Å². The number of alkyl halides is 1. The topological polar surface area (TPSA) is 9.23 Å². The molecule has 0 atom stereocenters. The predicted molar refractivity (Wildman–Crippen MR) is 54.2 cm³/mol. The van der Waals surface area contributed by atoms with Crippen molar-refractivity contribution < 1.29 is 13.5 Å². The fourth-order valence-electron chi connectivity index (χ4n) is 1.81. The van der Waals surface area contributed by atoms with Gasteiger partial charge >= 0.3 is 0 Å². The molecule has 15 heavy (non-hydrogen) atoms. The third kappa shape index (κ3) is 1.86. The van der Waals surface area contributed by atoms with Crippen molar-refractivity contribution in [3.63, 3.8) is 0 Å². The summed E-state index contributed by atoms with van der Waals surface area (Å²) in [5, 5.41) is 0. The van der Waals surface area contributed by atoms with Gasteiger partial charge in [0.25, 0.3) is 0 Å². The molecule has 4 heteroatoms. The molecule has 0 aromatic heterocycles. The summed E-state index contributed by atoms with van der Waals surface area (Å²) in [6.45, 7) is 1.07. The lowest BCUT2D eigenvalue weighted by Crippen LogP contribution is -2.47. The molecular formula is C11H11ClF2O. The van der Waals surface area contributed by atoms with Crippen molar-refractivity contribution in [1.29, 1.82) is 0 Å². The predicted octanol–water partition coefficient (Wildman–Crippen LogP) is 2.86. The highest BCUT2D eigenvalue weighted by Gasteiger charge is 2.39. The van der Waals surface area contributed by atoms with E-state index in [9.17, 15) is 8.78 Å². The lowest BCUT2D eigenvalue weighted by atomic mass is 9.76. The fraction of sp³-hybridized carbons (Fsp3) is 0.455. The number of ether oxygens (including phenoxy) is 1. The van der Waals surface area contributed by atoms with Crippen LogP contribution in [0.15, 0.2) is 18.2 Å². The first-order valence-corrected chi connectivity index (χ1v) is 5.31. The quantitative estimate of drug-likeness (QED) is 0.729. The first kappa shape index (κ1) is 10.8. The first-order valence-electron chi connectivity index (χ1n) is 4.77. The summed E-state index contributed by atoms with van der Waals surface area (Å²) in [5.41, 5.74) is 0.560. The van der Waals surface area contributed by atoms with Crippen LogP contribution >= 0.6 is 11.6 Å². The monoisotopic (exact) mass is 232 g/mol. The maximum atomic E-state index is 13.1. The number of hydrogen-bond acceptors (Lipinski definition) is 1. The fourth-order valence-corrected chi connectivity index (χ4v) is 2.17. The molecule has 0 bridgehead atoms. The van der Waals surface area contributed by atoms with Crippen LogP contribution < -0.4 is 0 Å². The van der Waals surface area contributed by atoms with E-state index in [0.717, 1.165) is 18.1 Å². The van der Waals surface area contributed by atoms with Gasteiger partial charge in [0.2, 0.25) is 0 Å². The molecule has 1 aromatic rings. The van der Waals surface area contributed by atoms with E-state index in [-0.39, 0.29) is 5.41 Å². The van der Waals surface area contributed by atoms with Gasteiger partial charge in [0.1, 0.15) is 0 Å². The van der Waals surface area contributed by atoms with E-state index in [1.807, 2.05) is 0 Å². The van der Waals surface area contributed by atoms with Gasteiger partial charge in [-0.15, -0.1) is 11.6 Å². The summed E-state index contributed by atoms with van der Waals surface area (Å²) in [6, 6.07) is 4.00. The Balaban J connectivity index is 2.30. The molecule has 1 nitrogen and oxygen atoms in total. The van der Waals surface area contributed by atoms with Crippen molar-refractivity contribution in [3.8, 4) is 0 Å². The highest BCUT2D eigenvalue weighted by molar-refractivity contribution is 6.17. The molecule has 0 radical (unpaired) electrons. The second-order valence-electron chi connectivity index (χ2n) is 3.84. The Labute approximate surface area is 92.0 Å². The summed E-state index contributed by atoms with van der Waals surface area (Å²) in [7, 11) is 0. The molecule has 1 aliphatic rings. The Morgan fingerprint density at radius 3 is 2.47 bits per heavy atom. The van der Waals surface area contributed by atoms with Crippen molar-refractivity contribution in [2.75, 3.05) is 19.1 Å². The third-order valence-electron chi connectivity index (χ3n) is 2.86. The maximum absolute atomic E-state index is 13.1. The Morgan fingerprint density at radius 2 is 2.00 bits per heavy atom. The Morgan fingerprint density at radius 1 is 1.27 bits per heavy atom. The first-order chi connectivity index (χ1) is 7.18. The molecule has 0 amide bonds. The molecule has 1 aromatic carbocycles. The molecule has 0 saturated carbocycles. The zero-order chi connectivity index (χ0) is 10.9. The van der Waals surface area contributed by atoms with Crippen molar-refractivity contribution in [3.05, 3.63) is 35.4 Å². The van der Waals surface area contributed by atoms with Crippen molar-refractivity contribution in [2.24, 2.45) is 0 Å². The van der Waals surface area contributed by atoms with Crippen LogP contribution in [0, 0.1) is 11.6 Å². The minimum atomic E-state index is -0.819. The average molecular weight is 233 g/mol. The van der Waals surface area contributed by atoms with Crippen LogP contribution in [0.2, 0.25) is 0 Å². The molecule has 0 aliphatic carbocycles. The van der Waals surface area contributed by atoms with Crippen LogP contribution in [0.1, 0.15) is 12.0 Å².